The van der Waals surface area contributed by atoms with E-state index >= 15 is 0 Å². The number of hydrogen-bond donors (Lipinski definition) is 1. The third kappa shape index (κ3) is 4.75. The number of aromatic hydroxyl groups is 1. The van der Waals surface area contributed by atoms with Crippen LogP contribution >= 0.6 is 11.6 Å². The lowest BCUT2D eigenvalue weighted by Crippen LogP contribution is -2.25. The highest BCUT2D eigenvalue weighted by Crippen LogP contribution is 2.42. The molecule has 4 rings (SSSR count). The van der Waals surface area contributed by atoms with Crippen molar-refractivity contribution >= 4 is 33.1 Å². The minimum Gasteiger partial charge on any atom is -0.507 e. The Hall–Kier alpha value is -2.05. The highest BCUT2D eigenvalue weighted by atomic mass is 35.5. The van der Waals surface area contributed by atoms with Gasteiger partial charge in [0, 0.05) is 26.6 Å². The maximum atomic E-state index is 10.7. The Morgan fingerprint density at radius 1 is 1.00 bits per heavy atom. The van der Waals surface area contributed by atoms with Crippen molar-refractivity contribution in [3.8, 4) is 11.5 Å². The molecule has 3 atom stereocenters. The zero-order chi connectivity index (χ0) is 20.4. The van der Waals surface area contributed by atoms with E-state index in [1.165, 1.54) is 0 Å². The van der Waals surface area contributed by atoms with Crippen molar-refractivity contribution in [2.45, 2.75) is 32.2 Å². The molecule has 1 heterocycles. The molecule has 29 heavy (non-hydrogen) atoms. The second-order valence-corrected chi connectivity index (χ2v) is 7.90. The summed E-state index contributed by atoms with van der Waals surface area (Å²) in [5.74, 6) is 0.927. The third-order valence-electron chi connectivity index (χ3n) is 4.96. The van der Waals surface area contributed by atoms with Gasteiger partial charge in [-0.05, 0) is 32.0 Å². The number of phenols is 1. The Kier molecular flexibility index (Phi) is 6.11. The van der Waals surface area contributed by atoms with Crippen molar-refractivity contribution < 1.29 is 24.1 Å². The lowest BCUT2D eigenvalue weighted by molar-refractivity contribution is -0.0449. The lowest BCUT2D eigenvalue weighted by Gasteiger charge is -2.20. The van der Waals surface area contributed by atoms with Gasteiger partial charge in [0.2, 0.25) is 0 Å². The molecule has 1 N–H and O–H groups in total. The number of fused-ring (bicyclic) bond motifs is 2. The van der Waals surface area contributed by atoms with Crippen LogP contribution in [-0.2, 0) is 14.2 Å². The minimum absolute atomic E-state index is 0.000811. The normalized spacial score (nSPS) is 18.1. The van der Waals surface area contributed by atoms with Crippen molar-refractivity contribution in [2.75, 3.05) is 26.4 Å². The molecule has 1 fully saturated rings. The van der Waals surface area contributed by atoms with E-state index < -0.39 is 0 Å². The van der Waals surface area contributed by atoms with Gasteiger partial charge in [-0.3, -0.25) is 0 Å². The number of halogens is 1. The summed E-state index contributed by atoms with van der Waals surface area (Å²) in [6.45, 7) is 6.23. The summed E-state index contributed by atoms with van der Waals surface area (Å²) in [5, 5.41) is 14.4. The Balaban J connectivity index is 1.48. The average Bonchev–Trinajstić information content (AvgIpc) is 3.55. The Morgan fingerprint density at radius 2 is 1.69 bits per heavy atom. The van der Waals surface area contributed by atoms with Gasteiger partial charge < -0.3 is 24.1 Å². The van der Waals surface area contributed by atoms with Crippen molar-refractivity contribution in [3.63, 3.8) is 0 Å². The first-order valence-electron chi connectivity index (χ1n) is 9.83. The zero-order valence-electron chi connectivity index (χ0n) is 16.6. The summed E-state index contributed by atoms with van der Waals surface area (Å²) in [7, 11) is 0. The van der Waals surface area contributed by atoms with Crippen molar-refractivity contribution in [1.29, 1.82) is 0 Å². The quantitative estimate of drug-likeness (QED) is 0.395. The number of benzene rings is 3. The van der Waals surface area contributed by atoms with E-state index in [9.17, 15) is 5.11 Å². The smallest absolute Gasteiger partial charge is 0.135 e. The molecule has 3 aromatic rings. The maximum absolute atomic E-state index is 10.7. The van der Waals surface area contributed by atoms with E-state index in [2.05, 4.69) is 0 Å². The molecular formula is C23H25ClO5. The summed E-state index contributed by atoms with van der Waals surface area (Å²) in [6.07, 6.45) is 0.134. The van der Waals surface area contributed by atoms with E-state index in [1.54, 1.807) is 12.1 Å². The van der Waals surface area contributed by atoms with Gasteiger partial charge in [0.05, 0.1) is 32.0 Å². The highest BCUT2D eigenvalue weighted by Gasteiger charge is 2.23. The van der Waals surface area contributed by atoms with Crippen molar-refractivity contribution in [3.05, 3.63) is 47.5 Å². The fourth-order valence-corrected chi connectivity index (χ4v) is 3.45. The fourth-order valence-electron chi connectivity index (χ4n) is 3.28. The molecule has 0 amide bonds. The molecule has 3 unspecified atom stereocenters. The van der Waals surface area contributed by atoms with E-state index in [1.807, 2.05) is 44.2 Å². The second kappa shape index (κ2) is 8.76. The van der Waals surface area contributed by atoms with Crippen LogP contribution in [0.5, 0.6) is 11.5 Å². The monoisotopic (exact) mass is 416 g/mol. The van der Waals surface area contributed by atoms with E-state index in [0.717, 1.165) is 28.5 Å². The van der Waals surface area contributed by atoms with Crippen LogP contribution in [-0.4, -0.2) is 49.8 Å². The molecule has 0 bridgehead atoms. The van der Waals surface area contributed by atoms with Crippen LogP contribution in [0.1, 0.15) is 13.8 Å². The number of rotatable bonds is 9. The van der Waals surface area contributed by atoms with Gasteiger partial charge in [-0.25, -0.2) is 0 Å². The predicted molar refractivity (Wildman–Crippen MR) is 114 cm³/mol. The van der Waals surface area contributed by atoms with Crippen LogP contribution in [0.2, 0.25) is 5.02 Å². The zero-order valence-corrected chi connectivity index (χ0v) is 17.3. The van der Waals surface area contributed by atoms with Crippen LogP contribution < -0.4 is 4.74 Å². The molecule has 1 saturated heterocycles. The summed E-state index contributed by atoms with van der Waals surface area (Å²) < 4.78 is 22.9. The van der Waals surface area contributed by atoms with Crippen molar-refractivity contribution in [1.82, 2.24) is 0 Å². The first-order valence-corrected chi connectivity index (χ1v) is 10.2. The summed E-state index contributed by atoms with van der Waals surface area (Å²) in [6, 6.07) is 13.1. The number of hydrogen-bond acceptors (Lipinski definition) is 5. The number of epoxide rings is 1. The van der Waals surface area contributed by atoms with Crippen LogP contribution in [0.15, 0.2) is 42.5 Å². The van der Waals surface area contributed by atoms with Crippen LogP contribution in [0.3, 0.4) is 0 Å². The molecule has 5 nitrogen and oxygen atoms in total. The molecular weight excluding hydrogens is 392 g/mol. The van der Waals surface area contributed by atoms with Gasteiger partial charge in [0.25, 0.3) is 0 Å². The Labute approximate surface area is 175 Å². The molecule has 1 aliphatic rings. The number of ether oxygens (including phenoxy) is 4. The van der Waals surface area contributed by atoms with Gasteiger partial charge in [0.15, 0.2) is 0 Å². The highest BCUT2D eigenvalue weighted by molar-refractivity contribution is 6.31. The lowest BCUT2D eigenvalue weighted by atomic mass is 10.0. The van der Waals surface area contributed by atoms with Gasteiger partial charge >= 0.3 is 0 Å². The largest absolute Gasteiger partial charge is 0.507 e. The van der Waals surface area contributed by atoms with Crippen molar-refractivity contribution in [2.24, 2.45) is 0 Å². The molecule has 1 aliphatic heterocycles. The minimum atomic E-state index is -0.117. The topological polar surface area (TPSA) is 60.5 Å². The van der Waals surface area contributed by atoms with Gasteiger partial charge in [-0.2, -0.15) is 0 Å². The maximum Gasteiger partial charge on any atom is 0.135 e. The molecule has 0 saturated carbocycles. The first-order chi connectivity index (χ1) is 14.0. The van der Waals surface area contributed by atoms with Crippen LogP contribution in [0, 0.1) is 0 Å². The molecule has 0 spiro atoms. The van der Waals surface area contributed by atoms with E-state index in [0.29, 0.717) is 30.2 Å². The van der Waals surface area contributed by atoms with E-state index in [4.69, 9.17) is 30.5 Å². The van der Waals surface area contributed by atoms with Gasteiger partial charge in [-0.1, -0.05) is 35.9 Å². The molecule has 154 valence electrons. The predicted octanol–water partition coefficient (Wildman–Crippen LogP) is 4.94. The first kappa shape index (κ1) is 20.2. The van der Waals surface area contributed by atoms with Gasteiger partial charge in [-0.15, -0.1) is 0 Å². The summed E-state index contributed by atoms with van der Waals surface area (Å²) in [4.78, 5) is 0. The SMILES string of the molecule is CC(COc1c2ccccc2c(O)c2cc(Cl)ccc12)OCC(C)OCC1CO1. The van der Waals surface area contributed by atoms with Gasteiger partial charge in [0.1, 0.15) is 24.2 Å². The molecule has 0 radical (unpaired) electrons. The Bertz CT molecular complexity index is 1000. The number of phenolic OH excluding ortho intramolecular Hbond substituents is 1. The Morgan fingerprint density at radius 3 is 2.45 bits per heavy atom. The average molecular weight is 417 g/mol. The van der Waals surface area contributed by atoms with Crippen LogP contribution in [0.4, 0.5) is 0 Å². The molecule has 0 aliphatic carbocycles. The van der Waals surface area contributed by atoms with Crippen LogP contribution in [0.25, 0.3) is 21.5 Å². The summed E-state index contributed by atoms with van der Waals surface area (Å²) in [5.41, 5.74) is 0. The standard InChI is InChI=1S/C23H25ClO5/c1-14(27-12-17-13-28-17)10-26-15(2)11-29-23-19-6-4-3-5-18(19)22(25)21-9-16(24)7-8-20(21)23/h3-9,14-15,17,25H,10-13H2,1-2H3. The molecule has 0 aromatic heterocycles. The van der Waals surface area contributed by atoms with E-state index in [-0.39, 0.29) is 24.1 Å². The summed E-state index contributed by atoms with van der Waals surface area (Å²) >= 11 is 6.15. The molecule has 6 heteroatoms. The fraction of sp³-hybridized carbons (Fsp3) is 0.391. The molecule has 3 aromatic carbocycles. The second-order valence-electron chi connectivity index (χ2n) is 7.47. The third-order valence-corrected chi connectivity index (χ3v) is 5.19.